The molecule has 3 nitrogen and oxygen atoms in total. The van der Waals surface area contributed by atoms with Crippen molar-refractivity contribution in [1.82, 2.24) is 5.43 Å². The second-order valence-corrected chi connectivity index (χ2v) is 6.42. The molecule has 0 spiro atoms. The molecule has 0 heterocycles. The minimum atomic E-state index is -6.42. The molecule has 0 amide bonds. The van der Waals surface area contributed by atoms with Crippen molar-refractivity contribution in [2.75, 3.05) is 0 Å². The fourth-order valence-electron chi connectivity index (χ4n) is 1.83. The molecule has 0 aromatic heterocycles. The Morgan fingerprint density at radius 1 is 0.893 bits per heavy atom. The zero-order valence-corrected chi connectivity index (χ0v) is 15.4. The molecule has 0 radical (unpaired) electrons. The van der Waals surface area contributed by atoms with Crippen molar-refractivity contribution in [2.24, 2.45) is 5.10 Å². The highest BCUT2D eigenvalue weighted by atomic mass is 79.9. The first-order chi connectivity index (χ1) is 12.9. The molecule has 0 fully saturated rings. The van der Waals surface area contributed by atoms with Gasteiger partial charge in [0, 0.05) is 4.47 Å². The molecule has 0 aliphatic heterocycles. The summed E-state index contributed by atoms with van der Waals surface area (Å²) in [6.45, 7) is 0.265. The molecule has 1 N–H and O–H groups in total. The summed E-state index contributed by atoms with van der Waals surface area (Å²) < 4.78 is 93.9. The Bertz CT molecular complexity index is 806. The summed E-state index contributed by atoms with van der Waals surface area (Å²) in [5.41, 5.74) is 1.62. The van der Waals surface area contributed by atoms with Gasteiger partial charge in [-0.1, -0.05) is 28.1 Å². The molecular formula is C17H12BrF7N2O. The van der Waals surface area contributed by atoms with Crippen molar-refractivity contribution in [3.05, 3.63) is 64.1 Å². The molecule has 0 unspecified atom stereocenters. The van der Waals surface area contributed by atoms with Gasteiger partial charge in [0.25, 0.3) is 0 Å². The van der Waals surface area contributed by atoms with E-state index >= 15 is 0 Å². The van der Waals surface area contributed by atoms with Crippen LogP contribution in [0.2, 0.25) is 0 Å². The molecule has 0 saturated carbocycles. The van der Waals surface area contributed by atoms with Gasteiger partial charge in [-0.25, -0.2) is 5.43 Å². The quantitative estimate of drug-likeness (QED) is 0.241. The number of ether oxygens (including phenoxy) is 1. The Kier molecular flexibility index (Phi) is 6.58. The highest BCUT2D eigenvalue weighted by Crippen LogP contribution is 2.44. The summed E-state index contributed by atoms with van der Waals surface area (Å²) in [6, 6.07) is 7.40. The predicted molar refractivity (Wildman–Crippen MR) is 91.6 cm³/mol. The Morgan fingerprint density at radius 3 is 2.00 bits per heavy atom. The Labute approximate surface area is 163 Å². The van der Waals surface area contributed by atoms with E-state index in [-0.39, 0.29) is 12.2 Å². The largest absolute Gasteiger partial charge is 0.489 e. The summed E-state index contributed by atoms with van der Waals surface area (Å²) in [6.07, 6.45) is -5.74. The fraction of sp³-hybridized carbons (Fsp3) is 0.235. The van der Waals surface area contributed by atoms with Gasteiger partial charge >= 0.3 is 18.1 Å². The highest BCUT2D eigenvalue weighted by Gasteiger charge is 2.73. The second-order valence-electron chi connectivity index (χ2n) is 5.50. The third kappa shape index (κ3) is 5.37. The third-order valence-electron chi connectivity index (χ3n) is 3.37. The summed E-state index contributed by atoms with van der Waals surface area (Å²) in [4.78, 5) is 0. The number of rotatable bonds is 7. The van der Waals surface area contributed by atoms with Crippen LogP contribution in [0.3, 0.4) is 0 Å². The lowest BCUT2D eigenvalue weighted by atomic mass is 10.2. The maximum absolute atomic E-state index is 13.0. The van der Waals surface area contributed by atoms with Gasteiger partial charge in [-0.05, 0) is 47.5 Å². The molecule has 2 aromatic carbocycles. The van der Waals surface area contributed by atoms with Gasteiger partial charge in [0.05, 0.1) is 6.21 Å². The van der Waals surface area contributed by atoms with Crippen molar-refractivity contribution in [1.29, 1.82) is 0 Å². The van der Waals surface area contributed by atoms with Crippen LogP contribution in [0.5, 0.6) is 5.75 Å². The molecule has 11 heteroatoms. The van der Waals surface area contributed by atoms with Crippen LogP contribution in [0.4, 0.5) is 30.7 Å². The van der Waals surface area contributed by atoms with Crippen molar-refractivity contribution in [3.8, 4) is 5.75 Å². The van der Waals surface area contributed by atoms with E-state index in [1.165, 1.54) is 24.3 Å². The smallest absolute Gasteiger partial charge is 0.462 e. The normalized spacial score (nSPS) is 13.0. The van der Waals surface area contributed by atoms with Gasteiger partial charge in [-0.3, -0.25) is 0 Å². The van der Waals surface area contributed by atoms with E-state index in [2.05, 4.69) is 21.0 Å². The van der Waals surface area contributed by atoms with Gasteiger partial charge in [-0.2, -0.15) is 35.8 Å². The van der Waals surface area contributed by atoms with Crippen molar-refractivity contribution < 1.29 is 35.5 Å². The molecule has 28 heavy (non-hydrogen) atoms. The lowest BCUT2D eigenvalue weighted by Crippen LogP contribution is -2.58. The number of alkyl halides is 7. The topological polar surface area (TPSA) is 33.6 Å². The molecule has 0 atom stereocenters. The monoisotopic (exact) mass is 472 g/mol. The number of hydrazone groups is 1. The molecule has 152 valence electrons. The van der Waals surface area contributed by atoms with Crippen molar-refractivity contribution in [3.63, 3.8) is 0 Å². The van der Waals surface area contributed by atoms with E-state index in [1.54, 1.807) is 0 Å². The zero-order chi connectivity index (χ0) is 21.0. The van der Waals surface area contributed by atoms with Crippen LogP contribution in [-0.4, -0.2) is 24.4 Å². The molecule has 2 aromatic rings. The minimum absolute atomic E-state index is 0.176. The standard InChI is InChI=1S/C17H12BrF7N2O/c18-13-5-1-12(2-6-13)10-28-14-7-3-11(4-8-14)9-26-27-17(24,25)15(19,20)16(21,22)23/h1-9,27H,10H2/b26-9+. The van der Waals surface area contributed by atoms with E-state index in [0.29, 0.717) is 17.4 Å². The zero-order valence-electron chi connectivity index (χ0n) is 13.8. The first-order valence-electron chi connectivity index (χ1n) is 7.52. The van der Waals surface area contributed by atoms with Crippen LogP contribution in [0.25, 0.3) is 0 Å². The first kappa shape index (κ1) is 22.0. The molecule has 0 aliphatic carbocycles. The van der Waals surface area contributed by atoms with Gasteiger partial charge in [-0.15, -0.1) is 0 Å². The van der Waals surface area contributed by atoms with Crippen LogP contribution in [0, 0.1) is 0 Å². The molecule has 0 saturated heterocycles. The van der Waals surface area contributed by atoms with Gasteiger partial charge in [0.15, 0.2) is 0 Å². The fourth-order valence-corrected chi connectivity index (χ4v) is 2.10. The van der Waals surface area contributed by atoms with Gasteiger partial charge < -0.3 is 4.74 Å². The van der Waals surface area contributed by atoms with Crippen molar-refractivity contribution in [2.45, 2.75) is 24.8 Å². The molecule has 0 aliphatic rings. The minimum Gasteiger partial charge on any atom is -0.489 e. The van der Waals surface area contributed by atoms with Gasteiger partial charge in [0.2, 0.25) is 0 Å². The summed E-state index contributed by atoms with van der Waals surface area (Å²) >= 11 is 3.30. The first-order valence-corrected chi connectivity index (χ1v) is 8.31. The van der Waals surface area contributed by atoms with Gasteiger partial charge in [0.1, 0.15) is 12.4 Å². The number of nitrogens with zero attached hydrogens (tertiary/aromatic N) is 1. The van der Waals surface area contributed by atoms with Crippen LogP contribution in [0.15, 0.2) is 58.1 Å². The predicted octanol–water partition coefficient (Wildman–Crippen LogP) is 5.74. The molecular weight excluding hydrogens is 461 g/mol. The summed E-state index contributed by atoms with van der Waals surface area (Å²) in [7, 11) is 0. The van der Waals surface area contributed by atoms with Crippen molar-refractivity contribution >= 4 is 22.1 Å². The van der Waals surface area contributed by atoms with E-state index < -0.39 is 18.1 Å². The molecule has 2 rings (SSSR count). The lowest BCUT2D eigenvalue weighted by molar-refractivity contribution is -0.361. The van der Waals surface area contributed by atoms with E-state index in [1.807, 2.05) is 24.3 Å². The maximum atomic E-state index is 13.0. The number of hydrogen-bond acceptors (Lipinski definition) is 3. The van der Waals surface area contributed by atoms with E-state index in [4.69, 9.17) is 4.74 Å². The average molecular weight is 473 g/mol. The van der Waals surface area contributed by atoms with Crippen LogP contribution >= 0.6 is 15.9 Å². The average Bonchev–Trinajstić information content (AvgIpc) is 2.61. The van der Waals surface area contributed by atoms with Crippen LogP contribution in [-0.2, 0) is 6.61 Å². The Balaban J connectivity index is 1.93. The SMILES string of the molecule is FC(F)(F)C(F)(F)C(F)(F)N/N=C/c1ccc(OCc2ccc(Br)cc2)cc1. The Morgan fingerprint density at radius 2 is 1.46 bits per heavy atom. The van der Waals surface area contributed by atoms with Crippen LogP contribution < -0.4 is 10.2 Å². The number of benzene rings is 2. The second kappa shape index (κ2) is 8.38. The maximum Gasteiger partial charge on any atom is 0.462 e. The number of halogens is 8. The lowest BCUT2D eigenvalue weighted by Gasteiger charge is -2.27. The highest BCUT2D eigenvalue weighted by molar-refractivity contribution is 9.10. The summed E-state index contributed by atoms with van der Waals surface area (Å²) in [5, 5.41) is 2.77. The molecule has 0 bridgehead atoms. The van der Waals surface area contributed by atoms with E-state index in [9.17, 15) is 30.7 Å². The third-order valence-corrected chi connectivity index (χ3v) is 3.90. The summed E-state index contributed by atoms with van der Waals surface area (Å²) in [5.74, 6) is -5.84. The van der Waals surface area contributed by atoms with E-state index in [0.717, 1.165) is 10.0 Å². The number of hydrogen-bond donors (Lipinski definition) is 1. The number of nitrogens with one attached hydrogen (secondary N) is 1. The van der Waals surface area contributed by atoms with Crippen LogP contribution in [0.1, 0.15) is 11.1 Å². The Hall–Kier alpha value is -2.30.